The van der Waals surface area contributed by atoms with Crippen molar-refractivity contribution in [2.75, 3.05) is 52.5 Å². The molecule has 0 unspecified atom stereocenters. The lowest BCUT2D eigenvalue weighted by Crippen LogP contribution is -2.41. The van der Waals surface area contributed by atoms with Crippen LogP contribution < -0.4 is 0 Å². The molecule has 15 heavy (non-hydrogen) atoms. The number of rotatable bonds is 7. The number of ether oxygens (including phenoxy) is 1. The van der Waals surface area contributed by atoms with Crippen molar-refractivity contribution in [1.29, 1.82) is 0 Å². The second-order valence-corrected chi connectivity index (χ2v) is 3.79. The molecular weight excluding hydrogens is 188 g/mol. The molecule has 0 spiro atoms. The van der Waals surface area contributed by atoms with Gasteiger partial charge < -0.3 is 4.74 Å². The zero-order valence-electron chi connectivity index (χ0n) is 9.53. The summed E-state index contributed by atoms with van der Waals surface area (Å²) in [4.78, 5) is 4.79. The van der Waals surface area contributed by atoms with E-state index in [0.717, 1.165) is 52.5 Å². The highest BCUT2D eigenvalue weighted by Gasteiger charge is 2.10. The quantitative estimate of drug-likeness (QED) is 0.583. The van der Waals surface area contributed by atoms with Gasteiger partial charge in [-0.1, -0.05) is 12.2 Å². The molecule has 0 atom stereocenters. The van der Waals surface area contributed by atoms with Gasteiger partial charge in [0.2, 0.25) is 0 Å². The summed E-state index contributed by atoms with van der Waals surface area (Å²) in [5.41, 5.74) is 0. The first kappa shape index (κ1) is 12.4. The third-order valence-corrected chi connectivity index (χ3v) is 2.61. The molecule has 1 aliphatic heterocycles. The van der Waals surface area contributed by atoms with Gasteiger partial charge in [-0.25, -0.2) is 0 Å². The third-order valence-electron chi connectivity index (χ3n) is 2.61. The molecular formula is C12H22N2O. The van der Waals surface area contributed by atoms with Gasteiger partial charge in [-0.15, -0.1) is 13.2 Å². The average Bonchev–Trinajstić information content (AvgIpc) is 2.28. The van der Waals surface area contributed by atoms with Crippen LogP contribution in [0.2, 0.25) is 0 Å². The predicted molar refractivity (Wildman–Crippen MR) is 64.1 cm³/mol. The van der Waals surface area contributed by atoms with Gasteiger partial charge in [0.15, 0.2) is 0 Å². The summed E-state index contributed by atoms with van der Waals surface area (Å²) >= 11 is 0. The first-order valence-electron chi connectivity index (χ1n) is 5.61. The molecule has 0 aliphatic carbocycles. The number of hydrogen-bond donors (Lipinski definition) is 0. The van der Waals surface area contributed by atoms with Gasteiger partial charge in [-0.05, 0) is 0 Å². The molecule has 86 valence electrons. The Bertz CT molecular complexity index is 178. The average molecular weight is 210 g/mol. The maximum Gasteiger partial charge on any atom is 0.0594 e. The Morgan fingerprint density at radius 3 is 2.27 bits per heavy atom. The van der Waals surface area contributed by atoms with Gasteiger partial charge in [-0.3, -0.25) is 9.80 Å². The maximum atomic E-state index is 5.31. The molecule has 1 fully saturated rings. The van der Waals surface area contributed by atoms with E-state index in [9.17, 15) is 0 Å². The fourth-order valence-electron chi connectivity index (χ4n) is 1.73. The molecule has 3 nitrogen and oxygen atoms in total. The summed E-state index contributed by atoms with van der Waals surface area (Å²) in [6.45, 7) is 15.5. The smallest absolute Gasteiger partial charge is 0.0594 e. The van der Waals surface area contributed by atoms with Crippen LogP contribution in [0, 0.1) is 0 Å². The fraction of sp³-hybridized carbons (Fsp3) is 0.667. The lowest BCUT2D eigenvalue weighted by Gasteiger charge is -2.29. The molecule has 0 aromatic carbocycles. The van der Waals surface area contributed by atoms with Crippen molar-refractivity contribution < 1.29 is 4.74 Å². The zero-order chi connectivity index (χ0) is 10.9. The Morgan fingerprint density at radius 1 is 1.13 bits per heavy atom. The van der Waals surface area contributed by atoms with Crippen LogP contribution in [0.3, 0.4) is 0 Å². The molecule has 0 bridgehead atoms. The van der Waals surface area contributed by atoms with Crippen LogP contribution in [0.4, 0.5) is 0 Å². The lowest BCUT2D eigenvalue weighted by molar-refractivity contribution is 0.0343. The fourth-order valence-corrected chi connectivity index (χ4v) is 1.73. The second-order valence-electron chi connectivity index (χ2n) is 3.79. The number of morpholine rings is 1. The van der Waals surface area contributed by atoms with Gasteiger partial charge in [-0.2, -0.15) is 0 Å². The largest absolute Gasteiger partial charge is 0.379 e. The maximum absolute atomic E-state index is 5.31. The van der Waals surface area contributed by atoms with Crippen LogP contribution in [-0.4, -0.2) is 62.3 Å². The highest BCUT2D eigenvalue weighted by atomic mass is 16.5. The first-order chi connectivity index (χ1) is 7.36. The Kier molecular flexibility index (Phi) is 6.32. The van der Waals surface area contributed by atoms with Crippen LogP contribution >= 0.6 is 0 Å². The molecule has 3 heteroatoms. The molecule has 1 saturated heterocycles. The van der Waals surface area contributed by atoms with Crippen molar-refractivity contribution in [1.82, 2.24) is 9.80 Å². The van der Waals surface area contributed by atoms with Gasteiger partial charge in [0.1, 0.15) is 0 Å². The zero-order valence-corrected chi connectivity index (χ0v) is 9.53. The molecule has 1 heterocycles. The van der Waals surface area contributed by atoms with Gasteiger partial charge in [0, 0.05) is 39.3 Å². The van der Waals surface area contributed by atoms with Crippen molar-refractivity contribution in [3.8, 4) is 0 Å². The van der Waals surface area contributed by atoms with E-state index in [1.54, 1.807) is 0 Å². The van der Waals surface area contributed by atoms with E-state index >= 15 is 0 Å². The van der Waals surface area contributed by atoms with E-state index in [0.29, 0.717) is 0 Å². The van der Waals surface area contributed by atoms with E-state index in [-0.39, 0.29) is 0 Å². The topological polar surface area (TPSA) is 15.7 Å². The van der Waals surface area contributed by atoms with Crippen molar-refractivity contribution in [3.63, 3.8) is 0 Å². The molecule has 1 aliphatic rings. The Hall–Kier alpha value is -0.640. The Labute approximate surface area is 93.0 Å². The van der Waals surface area contributed by atoms with E-state index in [4.69, 9.17) is 4.74 Å². The van der Waals surface area contributed by atoms with Crippen LogP contribution in [0.1, 0.15) is 0 Å². The monoisotopic (exact) mass is 210 g/mol. The lowest BCUT2D eigenvalue weighted by atomic mass is 10.3. The van der Waals surface area contributed by atoms with Crippen molar-refractivity contribution >= 4 is 0 Å². The first-order valence-corrected chi connectivity index (χ1v) is 5.61. The normalized spacial score (nSPS) is 17.9. The molecule has 0 aromatic rings. The summed E-state index contributed by atoms with van der Waals surface area (Å²) in [5, 5.41) is 0. The highest BCUT2D eigenvalue weighted by molar-refractivity contribution is 4.80. The summed E-state index contributed by atoms with van der Waals surface area (Å²) < 4.78 is 5.31. The minimum absolute atomic E-state index is 0.878. The summed E-state index contributed by atoms with van der Waals surface area (Å²) in [7, 11) is 0. The van der Waals surface area contributed by atoms with Gasteiger partial charge >= 0.3 is 0 Å². The second kappa shape index (κ2) is 7.63. The van der Waals surface area contributed by atoms with E-state index < -0.39 is 0 Å². The number of nitrogens with zero attached hydrogens (tertiary/aromatic N) is 2. The standard InChI is InChI=1S/C12H22N2O/c1-3-5-13(6-4-2)7-8-14-9-11-15-12-10-14/h3-4H,1-2,5-12H2. The molecule has 0 radical (unpaired) electrons. The predicted octanol–water partition coefficient (Wildman–Crippen LogP) is 0.993. The highest BCUT2D eigenvalue weighted by Crippen LogP contribution is 1.98. The third kappa shape index (κ3) is 5.11. The summed E-state index contributed by atoms with van der Waals surface area (Å²) in [5.74, 6) is 0. The Balaban J connectivity index is 2.18. The van der Waals surface area contributed by atoms with Gasteiger partial charge in [0.25, 0.3) is 0 Å². The number of hydrogen-bond acceptors (Lipinski definition) is 3. The van der Waals surface area contributed by atoms with E-state index in [2.05, 4.69) is 23.0 Å². The Morgan fingerprint density at radius 2 is 1.73 bits per heavy atom. The molecule has 0 N–H and O–H groups in total. The summed E-state index contributed by atoms with van der Waals surface area (Å²) in [6.07, 6.45) is 3.89. The minimum atomic E-state index is 0.878. The van der Waals surface area contributed by atoms with Crippen molar-refractivity contribution in [2.24, 2.45) is 0 Å². The van der Waals surface area contributed by atoms with Crippen molar-refractivity contribution in [3.05, 3.63) is 25.3 Å². The molecule has 0 saturated carbocycles. The molecule has 0 amide bonds. The van der Waals surface area contributed by atoms with Crippen LogP contribution in [-0.2, 0) is 4.74 Å². The minimum Gasteiger partial charge on any atom is -0.379 e. The summed E-state index contributed by atoms with van der Waals surface area (Å²) in [6, 6.07) is 0. The van der Waals surface area contributed by atoms with E-state index in [1.165, 1.54) is 0 Å². The molecule has 1 rings (SSSR count). The van der Waals surface area contributed by atoms with Gasteiger partial charge in [0.05, 0.1) is 13.2 Å². The molecule has 0 aromatic heterocycles. The van der Waals surface area contributed by atoms with Crippen LogP contribution in [0.25, 0.3) is 0 Å². The van der Waals surface area contributed by atoms with E-state index in [1.807, 2.05) is 12.2 Å². The SMILES string of the molecule is C=CCN(CC=C)CCN1CCOCC1. The van der Waals surface area contributed by atoms with Crippen LogP contribution in [0.5, 0.6) is 0 Å². The van der Waals surface area contributed by atoms with Crippen LogP contribution in [0.15, 0.2) is 25.3 Å². The van der Waals surface area contributed by atoms with Crippen molar-refractivity contribution in [2.45, 2.75) is 0 Å².